The molecule has 12 heavy (non-hydrogen) atoms. The third kappa shape index (κ3) is 3.06. The van der Waals surface area contributed by atoms with Crippen LogP contribution in [0.2, 0.25) is 0 Å². The lowest BCUT2D eigenvalue weighted by Crippen LogP contribution is -2.42. The Hall–Kier alpha value is -0.160. The van der Waals surface area contributed by atoms with E-state index in [2.05, 4.69) is 10.6 Å². The van der Waals surface area contributed by atoms with Crippen LogP contribution in [0.5, 0.6) is 0 Å². The smallest absolute Gasteiger partial charge is 0.169 e. The molecule has 1 heterocycles. The van der Waals surface area contributed by atoms with Crippen molar-refractivity contribution in [3.63, 3.8) is 0 Å². The molecule has 0 radical (unpaired) electrons. The van der Waals surface area contributed by atoms with Gasteiger partial charge in [0.15, 0.2) is 6.29 Å². The summed E-state index contributed by atoms with van der Waals surface area (Å²) in [5, 5.41) is 6.66. The van der Waals surface area contributed by atoms with E-state index < -0.39 is 0 Å². The minimum absolute atomic E-state index is 0.132. The zero-order valence-electron chi connectivity index (χ0n) is 7.80. The van der Waals surface area contributed by atoms with Gasteiger partial charge in [-0.25, -0.2) is 0 Å². The average molecular weight is 174 g/mol. The first-order chi connectivity index (χ1) is 5.86. The van der Waals surface area contributed by atoms with E-state index in [1.54, 1.807) is 14.2 Å². The molecule has 1 saturated heterocycles. The first kappa shape index (κ1) is 9.92. The molecule has 1 fully saturated rings. The molecule has 2 N–H and O–H groups in total. The van der Waals surface area contributed by atoms with E-state index in [0.717, 1.165) is 13.1 Å². The van der Waals surface area contributed by atoms with Crippen LogP contribution in [0.15, 0.2) is 0 Å². The topological polar surface area (TPSA) is 42.5 Å². The van der Waals surface area contributed by atoms with Crippen molar-refractivity contribution in [2.24, 2.45) is 0 Å². The Morgan fingerprint density at radius 3 is 2.75 bits per heavy atom. The molecule has 1 aliphatic heterocycles. The molecule has 1 unspecified atom stereocenters. The number of methoxy groups -OCH3 is 2. The highest BCUT2D eigenvalue weighted by Crippen LogP contribution is 2.01. The molecular weight excluding hydrogens is 156 g/mol. The SMILES string of the molecule is COC(CNC1CCCN1)OC. The number of ether oxygens (including phenoxy) is 2. The van der Waals surface area contributed by atoms with Gasteiger partial charge in [0, 0.05) is 20.8 Å². The number of hydrogen-bond donors (Lipinski definition) is 2. The fourth-order valence-electron chi connectivity index (χ4n) is 1.36. The molecular formula is C8H18N2O2. The van der Waals surface area contributed by atoms with E-state index in [-0.39, 0.29) is 6.29 Å². The van der Waals surface area contributed by atoms with Crippen LogP contribution in [0.4, 0.5) is 0 Å². The minimum Gasteiger partial charge on any atom is -0.355 e. The first-order valence-electron chi connectivity index (χ1n) is 4.39. The fourth-order valence-corrected chi connectivity index (χ4v) is 1.36. The predicted octanol–water partition coefficient (Wildman–Crippen LogP) is -0.0956. The second-order valence-corrected chi connectivity index (χ2v) is 2.96. The van der Waals surface area contributed by atoms with Gasteiger partial charge in [-0.05, 0) is 19.4 Å². The fraction of sp³-hybridized carbons (Fsp3) is 1.00. The maximum Gasteiger partial charge on any atom is 0.169 e. The summed E-state index contributed by atoms with van der Waals surface area (Å²) in [4.78, 5) is 0. The van der Waals surface area contributed by atoms with Crippen molar-refractivity contribution in [2.75, 3.05) is 27.3 Å². The Bertz CT molecular complexity index is 110. The maximum atomic E-state index is 5.05. The molecule has 1 aliphatic rings. The summed E-state index contributed by atoms with van der Waals surface area (Å²) in [6.45, 7) is 1.85. The van der Waals surface area contributed by atoms with E-state index in [4.69, 9.17) is 9.47 Å². The highest BCUT2D eigenvalue weighted by atomic mass is 16.7. The number of hydrogen-bond acceptors (Lipinski definition) is 4. The van der Waals surface area contributed by atoms with Gasteiger partial charge in [-0.1, -0.05) is 0 Å². The molecule has 0 bridgehead atoms. The van der Waals surface area contributed by atoms with Gasteiger partial charge in [-0.15, -0.1) is 0 Å². The zero-order valence-corrected chi connectivity index (χ0v) is 7.80. The third-order valence-electron chi connectivity index (χ3n) is 2.12. The van der Waals surface area contributed by atoms with E-state index in [0.29, 0.717) is 6.17 Å². The quantitative estimate of drug-likeness (QED) is 0.571. The van der Waals surface area contributed by atoms with E-state index >= 15 is 0 Å². The summed E-state index contributed by atoms with van der Waals surface area (Å²) < 4.78 is 10.1. The van der Waals surface area contributed by atoms with Crippen LogP contribution < -0.4 is 10.6 Å². The second-order valence-electron chi connectivity index (χ2n) is 2.96. The summed E-state index contributed by atoms with van der Waals surface area (Å²) in [7, 11) is 3.30. The largest absolute Gasteiger partial charge is 0.355 e. The van der Waals surface area contributed by atoms with Crippen LogP contribution >= 0.6 is 0 Å². The number of nitrogens with one attached hydrogen (secondary N) is 2. The Morgan fingerprint density at radius 1 is 1.50 bits per heavy atom. The van der Waals surface area contributed by atoms with Gasteiger partial charge in [0.1, 0.15) is 0 Å². The van der Waals surface area contributed by atoms with Crippen molar-refractivity contribution in [1.29, 1.82) is 0 Å². The van der Waals surface area contributed by atoms with Crippen LogP contribution in [0.3, 0.4) is 0 Å². The average Bonchev–Trinajstić information content (AvgIpc) is 2.59. The Labute approximate surface area is 73.6 Å². The predicted molar refractivity (Wildman–Crippen MR) is 46.8 cm³/mol. The molecule has 0 aromatic rings. The molecule has 4 nitrogen and oxygen atoms in total. The van der Waals surface area contributed by atoms with Crippen molar-refractivity contribution < 1.29 is 9.47 Å². The van der Waals surface area contributed by atoms with Crippen molar-refractivity contribution in [1.82, 2.24) is 10.6 Å². The van der Waals surface area contributed by atoms with Gasteiger partial charge in [0.25, 0.3) is 0 Å². The zero-order chi connectivity index (χ0) is 8.81. The second kappa shape index (κ2) is 5.48. The molecule has 0 amide bonds. The van der Waals surface area contributed by atoms with Crippen LogP contribution in [0, 0.1) is 0 Å². The Morgan fingerprint density at radius 2 is 2.25 bits per heavy atom. The van der Waals surface area contributed by atoms with Gasteiger partial charge in [-0.3, -0.25) is 5.32 Å². The van der Waals surface area contributed by atoms with E-state index in [1.807, 2.05) is 0 Å². The van der Waals surface area contributed by atoms with E-state index in [1.165, 1.54) is 12.8 Å². The standard InChI is InChI=1S/C8H18N2O2/c1-11-8(12-2)6-10-7-4-3-5-9-7/h7-10H,3-6H2,1-2H3. The molecule has 0 saturated carbocycles. The Kier molecular flexibility index (Phi) is 4.53. The molecule has 1 rings (SSSR count). The summed E-state index contributed by atoms with van der Waals surface area (Å²) in [6.07, 6.45) is 2.76. The Balaban J connectivity index is 2.06. The maximum absolute atomic E-state index is 5.05. The highest BCUT2D eigenvalue weighted by Gasteiger charge is 2.14. The molecule has 0 spiro atoms. The van der Waals surface area contributed by atoms with Crippen LogP contribution in [0.25, 0.3) is 0 Å². The van der Waals surface area contributed by atoms with Crippen LogP contribution in [0.1, 0.15) is 12.8 Å². The molecule has 0 aromatic carbocycles. The van der Waals surface area contributed by atoms with Crippen molar-refractivity contribution in [3.8, 4) is 0 Å². The van der Waals surface area contributed by atoms with Gasteiger partial charge in [0.2, 0.25) is 0 Å². The molecule has 4 heteroatoms. The van der Waals surface area contributed by atoms with Crippen molar-refractivity contribution >= 4 is 0 Å². The highest BCUT2D eigenvalue weighted by molar-refractivity contribution is 4.72. The lowest BCUT2D eigenvalue weighted by Gasteiger charge is -2.17. The minimum atomic E-state index is -0.132. The summed E-state index contributed by atoms with van der Waals surface area (Å²) >= 11 is 0. The number of rotatable bonds is 5. The molecule has 0 aromatic heterocycles. The monoisotopic (exact) mass is 174 g/mol. The van der Waals surface area contributed by atoms with Crippen molar-refractivity contribution in [2.45, 2.75) is 25.3 Å². The molecule has 0 aliphatic carbocycles. The van der Waals surface area contributed by atoms with Crippen LogP contribution in [-0.2, 0) is 9.47 Å². The van der Waals surface area contributed by atoms with Gasteiger partial charge < -0.3 is 14.8 Å². The van der Waals surface area contributed by atoms with Gasteiger partial charge >= 0.3 is 0 Å². The van der Waals surface area contributed by atoms with Crippen molar-refractivity contribution in [3.05, 3.63) is 0 Å². The molecule has 72 valence electrons. The molecule has 1 atom stereocenters. The van der Waals surface area contributed by atoms with Gasteiger partial charge in [0.05, 0.1) is 6.17 Å². The first-order valence-corrected chi connectivity index (χ1v) is 4.39. The van der Waals surface area contributed by atoms with Gasteiger partial charge in [-0.2, -0.15) is 0 Å². The summed E-state index contributed by atoms with van der Waals surface area (Å²) in [5.74, 6) is 0. The van der Waals surface area contributed by atoms with Crippen LogP contribution in [-0.4, -0.2) is 39.8 Å². The normalized spacial score (nSPS) is 23.8. The summed E-state index contributed by atoms with van der Waals surface area (Å²) in [6, 6.07) is 0. The third-order valence-corrected chi connectivity index (χ3v) is 2.12. The lowest BCUT2D eigenvalue weighted by molar-refractivity contribution is -0.1000. The summed E-state index contributed by atoms with van der Waals surface area (Å²) in [5.41, 5.74) is 0. The lowest BCUT2D eigenvalue weighted by atomic mass is 10.3. The van der Waals surface area contributed by atoms with E-state index in [9.17, 15) is 0 Å².